The molecule has 1 aliphatic rings. The van der Waals surface area contributed by atoms with Crippen molar-refractivity contribution in [3.8, 4) is 5.75 Å². The summed E-state index contributed by atoms with van der Waals surface area (Å²) in [5.74, 6) is -0.403. The van der Waals surface area contributed by atoms with Gasteiger partial charge >= 0.3 is 5.97 Å². The lowest BCUT2D eigenvalue weighted by Crippen LogP contribution is -2.35. The first-order chi connectivity index (χ1) is 13.9. The molecule has 1 heterocycles. The molecule has 6 nitrogen and oxygen atoms in total. The number of benzene rings is 2. The van der Waals surface area contributed by atoms with Crippen LogP contribution in [0, 0.1) is 0 Å². The summed E-state index contributed by atoms with van der Waals surface area (Å²) in [6.45, 7) is -0.208. The number of thiocarbonyl (C=S) groups is 1. The van der Waals surface area contributed by atoms with Crippen molar-refractivity contribution >= 4 is 68.5 Å². The fourth-order valence-corrected chi connectivity index (χ4v) is 4.23. The molecule has 2 aromatic rings. The number of hydrogen-bond donors (Lipinski definition) is 0. The zero-order valence-electron chi connectivity index (χ0n) is 15.5. The zero-order valence-corrected chi connectivity index (χ0v) is 18.7. The van der Waals surface area contributed by atoms with Crippen LogP contribution in [-0.4, -0.2) is 42.7 Å². The first kappa shape index (κ1) is 21.3. The number of carbonyl (C=O) groups is 2. The summed E-state index contributed by atoms with van der Waals surface area (Å²) in [6, 6.07) is 12.3. The monoisotopic (exact) mass is 494 g/mol. The Morgan fingerprint density at radius 3 is 2.55 bits per heavy atom. The van der Waals surface area contributed by atoms with E-state index >= 15 is 0 Å². The van der Waals surface area contributed by atoms with E-state index in [9.17, 15) is 9.59 Å². The molecular weight excluding hydrogens is 480 g/mol. The fourth-order valence-electron chi connectivity index (χ4n) is 2.88. The van der Waals surface area contributed by atoms with Crippen LogP contribution in [0.2, 0.25) is 5.02 Å². The Labute approximate surface area is 186 Å². The molecule has 0 unspecified atom stereocenters. The Morgan fingerprint density at radius 2 is 1.93 bits per heavy atom. The van der Waals surface area contributed by atoms with Gasteiger partial charge in [-0.25, -0.2) is 0 Å². The van der Waals surface area contributed by atoms with Crippen LogP contribution in [0.4, 0.5) is 5.69 Å². The molecule has 1 fully saturated rings. The van der Waals surface area contributed by atoms with Crippen LogP contribution in [0.5, 0.6) is 5.75 Å². The van der Waals surface area contributed by atoms with Gasteiger partial charge in [0, 0.05) is 10.6 Å². The van der Waals surface area contributed by atoms with Gasteiger partial charge in [-0.2, -0.15) is 0 Å². The van der Waals surface area contributed by atoms with Crippen LogP contribution in [0.1, 0.15) is 5.56 Å². The number of rotatable bonds is 5. The van der Waals surface area contributed by atoms with Crippen molar-refractivity contribution in [2.45, 2.75) is 0 Å². The van der Waals surface area contributed by atoms with Crippen LogP contribution >= 0.6 is 39.7 Å². The van der Waals surface area contributed by atoms with Gasteiger partial charge in [0.2, 0.25) is 0 Å². The van der Waals surface area contributed by atoms with Gasteiger partial charge in [0.05, 0.1) is 24.4 Å². The molecule has 1 amide bonds. The van der Waals surface area contributed by atoms with Gasteiger partial charge in [-0.3, -0.25) is 14.5 Å². The average molecular weight is 496 g/mol. The highest BCUT2D eigenvalue weighted by Crippen LogP contribution is 2.36. The summed E-state index contributed by atoms with van der Waals surface area (Å²) in [7, 11) is 2.79. The predicted molar refractivity (Wildman–Crippen MR) is 119 cm³/mol. The number of ether oxygens (including phenoxy) is 2. The standard InChI is InChI=1S/C20H16BrClN2O4S/c1-27-17(25)11-23-16(9-12-8-13(22)10-15(21)18(12)28-2)19(26)24(20(23)29)14-6-4-3-5-7-14/h3-10H,11H2,1-2H3/b16-9-. The van der Waals surface area contributed by atoms with Gasteiger partial charge in [-0.15, -0.1) is 0 Å². The summed E-state index contributed by atoms with van der Waals surface area (Å²) < 4.78 is 10.8. The first-order valence-corrected chi connectivity index (χ1v) is 9.97. The van der Waals surface area contributed by atoms with Crippen molar-refractivity contribution < 1.29 is 19.1 Å². The minimum Gasteiger partial charge on any atom is -0.495 e. The van der Waals surface area contributed by atoms with Gasteiger partial charge in [-0.1, -0.05) is 29.8 Å². The van der Waals surface area contributed by atoms with Crippen molar-refractivity contribution in [3.05, 3.63) is 63.2 Å². The van der Waals surface area contributed by atoms with Crippen LogP contribution < -0.4 is 9.64 Å². The SMILES string of the molecule is COC(=O)CN1C(=S)N(c2ccccc2)C(=O)/C1=C/c1cc(Cl)cc(Br)c1OC. The molecule has 0 atom stereocenters. The van der Waals surface area contributed by atoms with E-state index in [1.807, 2.05) is 6.07 Å². The van der Waals surface area contributed by atoms with E-state index in [4.69, 9.17) is 33.3 Å². The number of carbonyl (C=O) groups excluding carboxylic acids is 2. The Hall–Kier alpha value is -2.42. The Kier molecular flexibility index (Phi) is 6.56. The minimum absolute atomic E-state index is 0.179. The van der Waals surface area contributed by atoms with Gasteiger partial charge < -0.3 is 14.4 Å². The van der Waals surface area contributed by atoms with Crippen LogP contribution in [0.15, 0.2) is 52.6 Å². The molecule has 0 N–H and O–H groups in total. The topological polar surface area (TPSA) is 59.1 Å². The lowest BCUT2D eigenvalue weighted by atomic mass is 10.1. The minimum atomic E-state index is -0.528. The number of para-hydroxylation sites is 1. The van der Waals surface area contributed by atoms with Gasteiger partial charge in [0.25, 0.3) is 5.91 Å². The average Bonchev–Trinajstić information content (AvgIpc) is 2.92. The summed E-state index contributed by atoms with van der Waals surface area (Å²) in [5.41, 5.74) is 1.36. The lowest BCUT2D eigenvalue weighted by Gasteiger charge is -2.19. The highest BCUT2D eigenvalue weighted by molar-refractivity contribution is 9.10. The highest BCUT2D eigenvalue weighted by atomic mass is 79.9. The van der Waals surface area contributed by atoms with Crippen molar-refractivity contribution in [1.29, 1.82) is 0 Å². The van der Waals surface area contributed by atoms with Crippen LogP contribution in [0.25, 0.3) is 6.08 Å². The largest absolute Gasteiger partial charge is 0.495 e. The molecule has 1 saturated heterocycles. The zero-order chi connectivity index (χ0) is 21.1. The lowest BCUT2D eigenvalue weighted by molar-refractivity contribution is -0.140. The number of anilines is 1. The van der Waals surface area contributed by atoms with E-state index in [1.54, 1.807) is 42.5 Å². The number of methoxy groups -OCH3 is 2. The smallest absolute Gasteiger partial charge is 0.325 e. The summed E-state index contributed by atoms with van der Waals surface area (Å²) in [5, 5.41) is 0.634. The summed E-state index contributed by atoms with van der Waals surface area (Å²) in [6.07, 6.45) is 1.59. The fraction of sp³-hybridized carbons (Fsp3) is 0.150. The van der Waals surface area contributed by atoms with Crippen molar-refractivity contribution in [2.75, 3.05) is 25.7 Å². The molecular formula is C20H16BrClN2O4S. The predicted octanol–water partition coefficient (Wildman–Crippen LogP) is 4.26. The van der Waals surface area contributed by atoms with Gasteiger partial charge in [0.15, 0.2) is 5.11 Å². The number of nitrogens with zero attached hydrogens (tertiary/aromatic N) is 2. The molecule has 0 aliphatic carbocycles. The third kappa shape index (κ3) is 4.29. The van der Waals surface area contributed by atoms with Crippen molar-refractivity contribution in [2.24, 2.45) is 0 Å². The van der Waals surface area contributed by atoms with Crippen LogP contribution in [0.3, 0.4) is 0 Å². The maximum absolute atomic E-state index is 13.3. The molecule has 0 spiro atoms. The van der Waals surface area contributed by atoms with Crippen molar-refractivity contribution in [1.82, 2.24) is 4.90 Å². The Balaban J connectivity index is 2.14. The molecule has 0 bridgehead atoms. The van der Waals surface area contributed by atoms with E-state index in [0.29, 0.717) is 26.5 Å². The van der Waals surface area contributed by atoms with E-state index in [-0.39, 0.29) is 23.3 Å². The molecule has 0 radical (unpaired) electrons. The molecule has 150 valence electrons. The Morgan fingerprint density at radius 1 is 1.24 bits per heavy atom. The molecule has 0 saturated carbocycles. The molecule has 1 aliphatic heterocycles. The molecule has 0 aromatic heterocycles. The second-order valence-corrected chi connectivity index (χ2v) is 7.62. The number of halogens is 2. The third-order valence-electron chi connectivity index (χ3n) is 4.20. The van der Waals surface area contributed by atoms with E-state index < -0.39 is 5.97 Å². The molecule has 29 heavy (non-hydrogen) atoms. The second-order valence-electron chi connectivity index (χ2n) is 5.96. The Bertz CT molecular complexity index is 1010. The number of esters is 1. The normalized spacial score (nSPS) is 15.2. The molecule has 3 rings (SSSR count). The number of hydrogen-bond acceptors (Lipinski definition) is 5. The first-order valence-electron chi connectivity index (χ1n) is 8.40. The quantitative estimate of drug-likeness (QED) is 0.351. The maximum atomic E-state index is 13.3. The molecule has 2 aromatic carbocycles. The van der Waals surface area contributed by atoms with E-state index in [0.717, 1.165) is 0 Å². The maximum Gasteiger partial charge on any atom is 0.325 e. The highest BCUT2D eigenvalue weighted by Gasteiger charge is 2.40. The number of amides is 1. The second kappa shape index (κ2) is 8.94. The van der Waals surface area contributed by atoms with E-state index in [2.05, 4.69) is 15.9 Å². The summed E-state index contributed by atoms with van der Waals surface area (Å²) >= 11 is 15.1. The van der Waals surface area contributed by atoms with Crippen LogP contribution in [-0.2, 0) is 14.3 Å². The molecule has 9 heteroatoms. The van der Waals surface area contributed by atoms with Crippen molar-refractivity contribution in [3.63, 3.8) is 0 Å². The summed E-state index contributed by atoms with van der Waals surface area (Å²) in [4.78, 5) is 28.0. The van der Waals surface area contributed by atoms with Gasteiger partial charge in [0.1, 0.15) is 18.0 Å². The third-order valence-corrected chi connectivity index (χ3v) is 5.41. The van der Waals surface area contributed by atoms with Gasteiger partial charge in [-0.05, 0) is 58.5 Å². The van der Waals surface area contributed by atoms with E-state index in [1.165, 1.54) is 24.0 Å².